The highest BCUT2D eigenvalue weighted by molar-refractivity contribution is 5.46. The minimum atomic E-state index is -0.424. The topological polar surface area (TPSA) is 58.3 Å². The lowest BCUT2D eigenvalue weighted by Gasteiger charge is -2.13. The molecule has 2 unspecified atom stereocenters. The van der Waals surface area contributed by atoms with Crippen molar-refractivity contribution in [3.8, 4) is 0 Å². The fourth-order valence-corrected chi connectivity index (χ4v) is 1.30. The number of nitrogens with one attached hydrogen (secondary N) is 1. The van der Waals surface area contributed by atoms with E-state index in [1.165, 1.54) is 0 Å². The zero-order valence-corrected chi connectivity index (χ0v) is 9.40. The van der Waals surface area contributed by atoms with Gasteiger partial charge in [0.1, 0.15) is 0 Å². The zero-order chi connectivity index (χ0) is 11.3. The van der Waals surface area contributed by atoms with Crippen LogP contribution in [0.1, 0.15) is 31.9 Å². The lowest BCUT2D eigenvalue weighted by Crippen LogP contribution is -2.28. The van der Waals surface area contributed by atoms with Gasteiger partial charge in [-0.25, -0.2) is 0 Å². The summed E-state index contributed by atoms with van der Waals surface area (Å²) < 4.78 is 0. The molecule has 84 valence electrons. The summed E-state index contributed by atoms with van der Waals surface area (Å²) >= 11 is 0. The van der Waals surface area contributed by atoms with E-state index in [1.54, 1.807) is 6.92 Å². The van der Waals surface area contributed by atoms with E-state index < -0.39 is 6.10 Å². The van der Waals surface area contributed by atoms with Gasteiger partial charge in [0.25, 0.3) is 0 Å². The molecule has 0 saturated heterocycles. The van der Waals surface area contributed by atoms with Gasteiger partial charge < -0.3 is 16.2 Å². The number of nitrogens with two attached hydrogens (primary N) is 1. The Morgan fingerprint density at radius 1 is 1.47 bits per heavy atom. The maximum atomic E-state index is 9.42. The van der Waals surface area contributed by atoms with Gasteiger partial charge in [0.2, 0.25) is 0 Å². The SMILES string of the molecule is CCC(N)CNc1cccc(C(C)O)c1. The van der Waals surface area contributed by atoms with Crippen molar-refractivity contribution in [3.63, 3.8) is 0 Å². The van der Waals surface area contributed by atoms with E-state index >= 15 is 0 Å². The molecule has 15 heavy (non-hydrogen) atoms. The van der Waals surface area contributed by atoms with Crippen LogP contribution in [0.15, 0.2) is 24.3 Å². The quantitative estimate of drug-likeness (QED) is 0.692. The van der Waals surface area contributed by atoms with E-state index in [9.17, 15) is 5.11 Å². The van der Waals surface area contributed by atoms with Gasteiger partial charge in [-0.3, -0.25) is 0 Å². The molecule has 3 nitrogen and oxygen atoms in total. The summed E-state index contributed by atoms with van der Waals surface area (Å²) in [7, 11) is 0. The second-order valence-corrected chi connectivity index (χ2v) is 3.85. The summed E-state index contributed by atoms with van der Waals surface area (Å²) in [5.41, 5.74) is 7.74. The lowest BCUT2D eigenvalue weighted by atomic mass is 10.1. The highest BCUT2D eigenvalue weighted by Gasteiger charge is 2.02. The Labute approximate surface area is 91.3 Å². The third-order valence-corrected chi connectivity index (χ3v) is 2.46. The van der Waals surface area contributed by atoms with Gasteiger partial charge in [0, 0.05) is 18.3 Å². The van der Waals surface area contributed by atoms with Crippen molar-refractivity contribution >= 4 is 5.69 Å². The molecule has 0 heterocycles. The fourth-order valence-electron chi connectivity index (χ4n) is 1.30. The number of aliphatic hydroxyl groups excluding tert-OH is 1. The molecular weight excluding hydrogens is 188 g/mol. The highest BCUT2D eigenvalue weighted by Crippen LogP contribution is 2.16. The molecule has 1 aromatic rings. The van der Waals surface area contributed by atoms with Gasteiger partial charge in [0.05, 0.1) is 6.10 Å². The Morgan fingerprint density at radius 2 is 2.20 bits per heavy atom. The van der Waals surface area contributed by atoms with Crippen molar-refractivity contribution in [1.29, 1.82) is 0 Å². The van der Waals surface area contributed by atoms with Crippen molar-refractivity contribution in [2.75, 3.05) is 11.9 Å². The second kappa shape index (κ2) is 5.73. The minimum absolute atomic E-state index is 0.181. The highest BCUT2D eigenvalue weighted by atomic mass is 16.3. The molecule has 0 aliphatic rings. The predicted octanol–water partition coefficient (Wildman–Crippen LogP) is 1.89. The molecule has 0 saturated carbocycles. The summed E-state index contributed by atoms with van der Waals surface area (Å²) in [5, 5.41) is 12.7. The van der Waals surface area contributed by atoms with Crippen LogP contribution >= 0.6 is 0 Å². The molecule has 3 heteroatoms. The van der Waals surface area contributed by atoms with Gasteiger partial charge in [-0.1, -0.05) is 19.1 Å². The van der Waals surface area contributed by atoms with Gasteiger partial charge >= 0.3 is 0 Å². The molecule has 1 aromatic carbocycles. The Hall–Kier alpha value is -1.06. The molecule has 0 fully saturated rings. The molecule has 0 spiro atoms. The van der Waals surface area contributed by atoms with Crippen molar-refractivity contribution in [2.45, 2.75) is 32.4 Å². The van der Waals surface area contributed by atoms with Crippen LogP contribution in [0, 0.1) is 0 Å². The van der Waals surface area contributed by atoms with E-state index in [0.29, 0.717) is 0 Å². The van der Waals surface area contributed by atoms with Gasteiger partial charge in [-0.2, -0.15) is 0 Å². The smallest absolute Gasteiger partial charge is 0.0762 e. The van der Waals surface area contributed by atoms with Crippen LogP contribution in [0.4, 0.5) is 5.69 Å². The number of hydrogen-bond acceptors (Lipinski definition) is 3. The molecule has 1 rings (SSSR count). The van der Waals surface area contributed by atoms with Crippen LogP contribution in [0.3, 0.4) is 0 Å². The van der Waals surface area contributed by atoms with E-state index in [0.717, 1.165) is 24.2 Å². The maximum Gasteiger partial charge on any atom is 0.0762 e. The monoisotopic (exact) mass is 208 g/mol. The molecule has 4 N–H and O–H groups in total. The van der Waals surface area contributed by atoms with E-state index in [-0.39, 0.29) is 6.04 Å². The number of hydrogen-bond donors (Lipinski definition) is 3. The summed E-state index contributed by atoms with van der Waals surface area (Å²) in [6.45, 7) is 4.59. The van der Waals surface area contributed by atoms with Gasteiger partial charge in [0.15, 0.2) is 0 Å². The zero-order valence-electron chi connectivity index (χ0n) is 9.40. The summed E-state index contributed by atoms with van der Waals surface area (Å²) in [6, 6.07) is 7.96. The third kappa shape index (κ3) is 3.90. The van der Waals surface area contributed by atoms with Crippen molar-refractivity contribution in [3.05, 3.63) is 29.8 Å². The number of rotatable bonds is 5. The third-order valence-electron chi connectivity index (χ3n) is 2.46. The first-order valence-electron chi connectivity index (χ1n) is 5.41. The van der Waals surface area contributed by atoms with Crippen molar-refractivity contribution < 1.29 is 5.11 Å². The Morgan fingerprint density at radius 3 is 2.80 bits per heavy atom. The van der Waals surface area contributed by atoms with E-state index in [2.05, 4.69) is 12.2 Å². The maximum absolute atomic E-state index is 9.42. The minimum Gasteiger partial charge on any atom is -0.389 e. The number of benzene rings is 1. The lowest BCUT2D eigenvalue weighted by molar-refractivity contribution is 0.199. The van der Waals surface area contributed by atoms with Crippen LogP contribution in [-0.4, -0.2) is 17.7 Å². The largest absolute Gasteiger partial charge is 0.389 e. The average Bonchev–Trinajstić information content (AvgIpc) is 2.26. The molecule has 0 bridgehead atoms. The molecule has 0 aromatic heterocycles. The second-order valence-electron chi connectivity index (χ2n) is 3.85. The summed E-state index contributed by atoms with van der Waals surface area (Å²) in [5.74, 6) is 0. The molecule has 0 radical (unpaired) electrons. The van der Waals surface area contributed by atoms with Crippen LogP contribution in [0.5, 0.6) is 0 Å². The van der Waals surface area contributed by atoms with Crippen molar-refractivity contribution in [1.82, 2.24) is 0 Å². The summed E-state index contributed by atoms with van der Waals surface area (Å²) in [6.07, 6.45) is 0.537. The van der Waals surface area contributed by atoms with Crippen LogP contribution in [-0.2, 0) is 0 Å². The Bertz CT molecular complexity index is 299. The normalized spacial score (nSPS) is 14.7. The average molecular weight is 208 g/mol. The molecular formula is C12H20N2O. The molecule has 0 aliphatic heterocycles. The first-order chi connectivity index (χ1) is 7.13. The molecule has 0 amide bonds. The molecule has 0 aliphatic carbocycles. The van der Waals surface area contributed by atoms with E-state index in [4.69, 9.17) is 5.73 Å². The molecule has 2 atom stereocenters. The first kappa shape index (κ1) is 12.0. The summed E-state index contributed by atoms with van der Waals surface area (Å²) in [4.78, 5) is 0. The first-order valence-corrected chi connectivity index (χ1v) is 5.41. The van der Waals surface area contributed by atoms with Crippen LogP contribution in [0.2, 0.25) is 0 Å². The standard InChI is InChI=1S/C12H20N2O/c1-3-11(13)8-14-12-6-4-5-10(7-12)9(2)15/h4-7,9,11,14-15H,3,8,13H2,1-2H3. The van der Waals surface area contributed by atoms with Gasteiger partial charge in [-0.05, 0) is 31.0 Å². The Kier molecular flexibility index (Phi) is 4.59. The van der Waals surface area contributed by atoms with E-state index in [1.807, 2.05) is 24.3 Å². The Balaban J connectivity index is 2.58. The van der Waals surface area contributed by atoms with Crippen LogP contribution in [0.25, 0.3) is 0 Å². The fraction of sp³-hybridized carbons (Fsp3) is 0.500. The van der Waals surface area contributed by atoms with Crippen LogP contribution < -0.4 is 11.1 Å². The van der Waals surface area contributed by atoms with Gasteiger partial charge in [-0.15, -0.1) is 0 Å². The number of aliphatic hydroxyl groups is 1. The number of anilines is 1. The predicted molar refractivity (Wildman–Crippen MR) is 63.8 cm³/mol. The van der Waals surface area contributed by atoms with Crippen molar-refractivity contribution in [2.24, 2.45) is 5.73 Å².